The second-order valence-electron chi connectivity index (χ2n) is 12.0. The van der Waals surface area contributed by atoms with Gasteiger partial charge in [0.25, 0.3) is 0 Å². The molecule has 1 aromatic heterocycles. The molecule has 0 spiro atoms. The Morgan fingerprint density at radius 3 is 2.13 bits per heavy atom. The number of methoxy groups -OCH3 is 1. The highest BCUT2D eigenvalue weighted by molar-refractivity contribution is 5.96. The SMILES string of the molecule is COC(=O)C1C[C@@]2(n3ccc4ccccc43)c3ccccc3N(C(=O)OC(C)(C)C)[C@H]2N1C(=O)OC(C)(C)C. The summed E-state index contributed by atoms with van der Waals surface area (Å²) in [5.74, 6) is -0.590. The van der Waals surface area contributed by atoms with E-state index in [-0.39, 0.29) is 6.42 Å². The number of aromatic nitrogens is 1. The summed E-state index contributed by atoms with van der Waals surface area (Å²) in [6.07, 6.45) is -0.210. The van der Waals surface area contributed by atoms with Crippen LogP contribution in [0.1, 0.15) is 53.5 Å². The summed E-state index contributed by atoms with van der Waals surface area (Å²) < 4.78 is 19.0. The zero-order valence-corrected chi connectivity index (χ0v) is 23.4. The molecule has 0 radical (unpaired) electrons. The molecule has 39 heavy (non-hydrogen) atoms. The highest BCUT2D eigenvalue weighted by atomic mass is 16.6. The third-order valence-electron chi connectivity index (χ3n) is 7.10. The van der Waals surface area contributed by atoms with Crippen molar-refractivity contribution in [1.29, 1.82) is 0 Å². The number of fused-ring (bicyclic) bond motifs is 4. The maximum atomic E-state index is 13.9. The maximum Gasteiger partial charge on any atom is 0.416 e. The summed E-state index contributed by atoms with van der Waals surface area (Å²) in [6.45, 7) is 10.6. The number of nitrogens with zero attached hydrogens (tertiary/aromatic N) is 3. The number of likely N-dealkylation sites (tertiary alicyclic amines) is 1. The molecule has 0 N–H and O–H groups in total. The minimum Gasteiger partial charge on any atom is -0.467 e. The van der Waals surface area contributed by atoms with Crippen LogP contribution in [0.4, 0.5) is 15.3 Å². The second kappa shape index (κ2) is 9.03. The summed E-state index contributed by atoms with van der Waals surface area (Å²) >= 11 is 0. The van der Waals surface area contributed by atoms with E-state index in [9.17, 15) is 14.4 Å². The number of anilines is 1. The first kappa shape index (κ1) is 26.6. The fourth-order valence-corrected chi connectivity index (χ4v) is 5.84. The predicted molar refractivity (Wildman–Crippen MR) is 146 cm³/mol. The van der Waals surface area contributed by atoms with Crippen molar-refractivity contribution < 1.29 is 28.6 Å². The number of amides is 2. The Bertz CT molecular complexity index is 1450. The Morgan fingerprint density at radius 2 is 1.46 bits per heavy atom. The Kier molecular flexibility index (Phi) is 6.16. The molecule has 0 bridgehead atoms. The number of hydrogen-bond acceptors (Lipinski definition) is 6. The van der Waals surface area contributed by atoms with E-state index < -0.39 is 47.1 Å². The molecule has 2 amide bonds. The molecule has 1 unspecified atom stereocenters. The van der Waals surface area contributed by atoms with Crippen molar-refractivity contribution in [2.45, 2.75) is 76.9 Å². The number of para-hydroxylation sites is 2. The normalized spacial score (nSPS) is 22.4. The van der Waals surface area contributed by atoms with Crippen molar-refractivity contribution in [1.82, 2.24) is 9.47 Å². The van der Waals surface area contributed by atoms with Gasteiger partial charge in [-0.25, -0.2) is 14.4 Å². The molecular weight excluding hydrogens is 498 g/mol. The van der Waals surface area contributed by atoms with Gasteiger partial charge in [0.15, 0.2) is 0 Å². The van der Waals surface area contributed by atoms with Gasteiger partial charge in [-0.2, -0.15) is 0 Å². The lowest BCUT2D eigenvalue weighted by molar-refractivity contribution is -0.146. The summed E-state index contributed by atoms with van der Waals surface area (Å²) in [5.41, 5.74) is -0.377. The lowest BCUT2D eigenvalue weighted by Crippen LogP contribution is -2.59. The van der Waals surface area contributed by atoms with E-state index in [1.807, 2.05) is 60.8 Å². The fourth-order valence-electron chi connectivity index (χ4n) is 5.84. The van der Waals surface area contributed by atoms with Crippen LogP contribution in [0.3, 0.4) is 0 Å². The van der Waals surface area contributed by atoms with Crippen molar-refractivity contribution in [3.63, 3.8) is 0 Å². The van der Waals surface area contributed by atoms with Crippen LogP contribution in [0.5, 0.6) is 0 Å². The average Bonchev–Trinajstić information content (AvgIpc) is 3.49. The van der Waals surface area contributed by atoms with Crippen molar-refractivity contribution >= 4 is 34.7 Å². The monoisotopic (exact) mass is 533 g/mol. The molecule has 1 fully saturated rings. The van der Waals surface area contributed by atoms with Crippen LogP contribution in [0.2, 0.25) is 0 Å². The van der Waals surface area contributed by atoms with Crippen molar-refractivity contribution in [3.8, 4) is 0 Å². The van der Waals surface area contributed by atoms with E-state index in [0.29, 0.717) is 5.69 Å². The van der Waals surface area contributed by atoms with Gasteiger partial charge in [-0.15, -0.1) is 0 Å². The maximum absolute atomic E-state index is 13.9. The molecule has 3 atom stereocenters. The highest BCUT2D eigenvalue weighted by Gasteiger charge is 2.67. The van der Waals surface area contributed by atoms with Crippen molar-refractivity contribution in [2.24, 2.45) is 0 Å². The van der Waals surface area contributed by atoms with Gasteiger partial charge in [-0.3, -0.25) is 9.80 Å². The van der Waals surface area contributed by atoms with Crippen LogP contribution in [-0.4, -0.2) is 58.1 Å². The molecule has 0 aliphatic carbocycles. The molecule has 9 heteroatoms. The minimum absolute atomic E-state index is 0.165. The summed E-state index contributed by atoms with van der Waals surface area (Å²) in [6, 6.07) is 16.4. The molecule has 2 aliphatic rings. The molecule has 2 aromatic carbocycles. The van der Waals surface area contributed by atoms with Crippen LogP contribution in [0, 0.1) is 0 Å². The van der Waals surface area contributed by atoms with Gasteiger partial charge in [0, 0.05) is 23.7 Å². The molecule has 2 aliphatic heterocycles. The minimum atomic E-state index is -1.04. The van der Waals surface area contributed by atoms with Gasteiger partial charge < -0.3 is 18.8 Å². The van der Waals surface area contributed by atoms with Gasteiger partial charge in [0.1, 0.15) is 28.9 Å². The van der Waals surface area contributed by atoms with Gasteiger partial charge >= 0.3 is 18.2 Å². The lowest BCUT2D eigenvalue weighted by atomic mass is 9.86. The Balaban J connectivity index is 1.82. The van der Waals surface area contributed by atoms with Crippen molar-refractivity contribution in [3.05, 3.63) is 66.4 Å². The molecule has 3 heterocycles. The molecular formula is C30H35N3O6. The zero-order chi connectivity index (χ0) is 28.3. The topological polar surface area (TPSA) is 90.3 Å². The first-order chi connectivity index (χ1) is 18.3. The van der Waals surface area contributed by atoms with Crippen LogP contribution < -0.4 is 4.90 Å². The van der Waals surface area contributed by atoms with E-state index in [2.05, 4.69) is 4.57 Å². The fraction of sp³-hybridized carbons (Fsp3) is 0.433. The number of esters is 1. The van der Waals surface area contributed by atoms with Gasteiger partial charge in [0.05, 0.1) is 12.8 Å². The lowest BCUT2D eigenvalue weighted by Gasteiger charge is -2.39. The van der Waals surface area contributed by atoms with E-state index in [0.717, 1.165) is 16.5 Å². The predicted octanol–water partition coefficient (Wildman–Crippen LogP) is 5.65. The van der Waals surface area contributed by atoms with E-state index in [4.69, 9.17) is 14.2 Å². The highest BCUT2D eigenvalue weighted by Crippen LogP contribution is 2.56. The van der Waals surface area contributed by atoms with E-state index in [1.54, 1.807) is 41.5 Å². The molecule has 1 saturated heterocycles. The Morgan fingerprint density at radius 1 is 0.846 bits per heavy atom. The largest absolute Gasteiger partial charge is 0.467 e. The summed E-state index contributed by atoms with van der Waals surface area (Å²) in [5, 5.41) is 0.990. The third kappa shape index (κ3) is 4.30. The number of benzene rings is 2. The van der Waals surface area contributed by atoms with E-state index >= 15 is 0 Å². The molecule has 9 nitrogen and oxygen atoms in total. The first-order valence-corrected chi connectivity index (χ1v) is 13.1. The van der Waals surface area contributed by atoms with Gasteiger partial charge in [-0.05, 0) is 65.1 Å². The molecule has 0 saturated carbocycles. The molecule has 206 valence electrons. The molecule has 5 rings (SSSR count). The van der Waals surface area contributed by atoms with Crippen LogP contribution in [0.25, 0.3) is 10.9 Å². The third-order valence-corrected chi connectivity index (χ3v) is 7.10. The number of carbonyl (C=O) groups excluding carboxylic acids is 3. The van der Waals surface area contributed by atoms with Crippen LogP contribution in [-0.2, 0) is 24.5 Å². The Hall–Kier alpha value is -4.01. The first-order valence-electron chi connectivity index (χ1n) is 13.1. The van der Waals surface area contributed by atoms with E-state index in [1.165, 1.54) is 16.9 Å². The smallest absolute Gasteiger partial charge is 0.416 e. The second-order valence-corrected chi connectivity index (χ2v) is 12.0. The number of hydrogen-bond donors (Lipinski definition) is 0. The average molecular weight is 534 g/mol. The summed E-state index contributed by atoms with van der Waals surface area (Å²) in [4.78, 5) is 44.0. The number of ether oxygens (including phenoxy) is 3. The van der Waals surface area contributed by atoms with Gasteiger partial charge in [0.2, 0.25) is 0 Å². The quantitative estimate of drug-likeness (QED) is 0.312. The molecule has 3 aromatic rings. The number of rotatable bonds is 2. The standard InChI is InChI=1S/C30H35N3O6/c1-28(2,3)38-26(35)32-22-15-11-9-13-20(22)30(31-17-16-19-12-8-10-14-21(19)31)18-23(24(34)37-7)33(25(30)32)27(36)39-29(4,5)6/h8-17,23,25H,18H2,1-7H3/t23?,25-,30+/m0/s1. The van der Waals surface area contributed by atoms with Gasteiger partial charge in [-0.1, -0.05) is 36.4 Å². The van der Waals surface area contributed by atoms with Crippen molar-refractivity contribution in [2.75, 3.05) is 12.0 Å². The zero-order valence-electron chi connectivity index (χ0n) is 23.4. The van der Waals surface area contributed by atoms with Crippen LogP contribution in [0.15, 0.2) is 60.8 Å². The van der Waals surface area contributed by atoms with Crippen LogP contribution >= 0.6 is 0 Å². The number of carbonyl (C=O) groups is 3. The Labute approximate surface area is 228 Å². The summed E-state index contributed by atoms with van der Waals surface area (Å²) in [7, 11) is 1.29.